The summed E-state index contributed by atoms with van der Waals surface area (Å²) in [6.07, 6.45) is 1.48. The van der Waals surface area contributed by atoms with E-state index in [0.717, 1.165) is 12.8 Å². The van der Waals surface area contributed by atoms with E-state index in [1.54, 1.807) is 0 Å². The first-order valence-electron chi connectivity index (χ1n) is 5.24. The van der Waals surface area contributed by atoms with Gasteiger partial charge in [0.15, 0.2) is 0 Å². The number of carbonyl (C=O) groups excluding carboxylic acids is 1. The summed E-state index contributed by atoms with van der Waals surface area (Å²) in [5.41, 5.74) is 5.52. The Kier molecular flexibility index (Phi) is 3.16. The van der Waals surface area contributed by atoms with Crippen LogP contribution in [0.25, 0.3) is 0 Å². The van der Waals surface area contributed by atoms with E-state index in [-0.39, 0.29) is 6.04 Å². The fourth-order valence-corrected chi connectivity index (χ4v) is 1.10. The van der Waals surface area contributed by atoms with E-state index >= 15 is 0 Å². The van der Waals surface area contributed by atoms with Crippen molar-refractivity contribution < 1.29 is 11.3 Å². The minimum absolute atomic E-state index is 0.189. The van der Waals surface area contributed by atoms with Gasteiger partial charge in [-0.25, -0.2) is 0 Å². The van der Waals surface area contributed by atoms with Gasteiger partial charge in [-0.2, -0.15) is 0 Å². The number of aliphatic hydroxyl groups is 1. The van der Waals surface area contributed by atoms with E-state index in [0.29, 0.717) is 12.8 Å². The van der Waals surface area contributed by atoms with Gasteiger partial charge in [-0.1, -0.05) is 13.3 Å². The molecule has 1 unspecified atom stereocenters. The van der Waals surface area contributed by atoms with Crippen LogP contribution in [-0.2, 0) is 4.79 Å². The SMILES string of the molecule is [2H][C@](N)(CCC)C(O)C(=O)NC1CC1. The molecule has 1 aliphatic carbocycles. The molecular formula is C9H18N2O2. The van der Waals surface area contributed by atoms with Crippen LogP contribution in [0.3, 0.4) is 0 Å². The molecule has 0 aromatic rings. The molecule has 0 aliphatic heterocycles. The van der Waals surface area contributed by atoms with Crippen molar-refractivity contribution in [1.29, 1.82) is 0 Å². The van der Waals surface area contributed by atoms with Crippen LogP contribution in [0.4, 0.5) is 0 Å². The fraction of sp³-hybridized carbons (Fsp3) is 0.889. The molecule has 0 aromatic heterocycles. The molecule has 0 spiro atoms. The molecule has 1 rings (SSSR count). The van der Waals surface area contributed by atoms with Crippen molar-refractivity contribution in [3.05, 3.63) is 0 Å². The third kappa shape index (κ3) is 3.32. The highest BCUT2D eigenvalue weighted by Crippen LogP contribution is 2.18. The molecule has 0 heterocycles. The summed E-state index contributed by atoms with van der Waals surface area (Å²) in [7, 11) is 0. The van der Waals surface area contributed by atoms with E-state index in [2.05, 4.69) is 5.32 Å². The minimum atomic E-state index is -1.56. The lowest BCUT2D eigenvalue weighted by molar-refractivity contribution is -0.130. The Labute approximate surface area is 79.9 Å². The lowest BCUT2D eigenvalue weighted by atomic mass is 10.1. The van der Waals surface area contributed by atoms with Crippen molar-refractivity contribution in [3.8, 4) is 0 Å². The number of rotatable bonds is 5. The first kappa shape index (κ1) is 8.97. The second-order valence-electron chi connectivity index (χ2n) is 3.51. The minimum Gasteiger partial charge on any atom is -0.382 e. The molecule has 4 heteroatoms. The van der Waals surface area contributed by atoms with Gasteiger partial charge in [0, 0.05) is 13.4 Å². The Balaban J connectivity index is 2.43. The van der Waals surface area contributed by atoms with Crippen molar-refractivity contribution >= 4 is 5.91 Å². The molecule has 0 aromatic carbocycles. The van der Waals surface area contributed by atoms with Crippen LogP contribution in [0.15, 0.2) is 0 Å². The molecule has 4 nitrogen and oxygen atoms in total. The van der Waals surface area contributed by atoms with Gasteiger partial charge >= 0.3 is 0 Å². The first-order chi connectivity index (χ1) is 6.47. The van der Waals surface area contributed by atoms with Crippen LogP contribution in [0.1, 0.15) is 34.0 Å². The largest absolute Gasteiger partial charge is 0.382 e. The van der Waals surface area contributed by atoms with Crippen molar-refractivity contribution in [2.75, 3.05) is 0 Å². The van der Waals surface area contributed by atoms with Crippen molar-refractivity contribution in [1.82, 2.24) is 5.32 Å². The maximum Gasteiger partial charge on any atom is 0.250 e. The molecule has 1 fully saturated rings. The van der Waals surface area contributed by atoms with Gasteiger partial charge in [0.1, 0.15) is 6.10 Å². The predicted molar refractivity (Wildman–Crippen MR) is 50.1 cm³/mol. The highest BCUT2D eigenvalue weighted by Gasteiger charge is 2.28. The molecule has 1 amide bonds. The second kappa shape index (κ2) is 4.58. The second-order valence-corrected chi connectivity index (χ2v) is 3.51. The number of nitrogens with two attached hydrogens (primary N) is 1. The summed E-state index contributed by atoms with van der Waals surface area (Å²) in [5, 5.41) is 12.2. The van der Waals surface area contributed by atoms with Gasteiger partial charge in [0.25, 0.3) is 5.91 Å². The number of carbonyl (C=O) groups is 1. The highest BCUT2D eigenvalue weighted by molar-refractivity contribution is 5.81. The average Bonchev–Trinajstić information content (AvgIpc) is 2.86. The Hall–Kier alpha value is -0.610. The standard InChI is InChI=1S/C9H18N2O2/c1-2-3-7(10)8(12)9(13)11-6-4-5-6/h6-8,12H,2-5,10H2,1H3,(H,11,13)/t7-,8?/m0/s1/i7D. The van der Waals surface area contributed by atoms with Crippen LogP contribution in [0.2, 0.25) is 0 Å². The topological polar surface area (TPSA) is 75.3 Å². The zero-order valence-corrected chi connectivity index (χ0v) is 7.92. The molecule has 0 radical (unpaired) electrons. The Morgan fingerprint density at radius 1 is 1.85 bits per heavy atom. The molecule has 0 bridgehead atoms. The van der Waals surface area contributed by atoms with Gasteiger partial charge < -0.3 is 16.2 Å². The smallest absolute Gasteiger partial charge is 0.250 e. The van der Waals surface area contributed by atoms with Crippen LogP contribution in [-0.4, -0.2) is 29.2 Å². The third-order valence-electron chi connectivity index (χ3n) is 2.06. The molecule has 0 saturated heterocycles. The normalized spacial score (nSPS) is 24.4. The summed E-state index contributed by atoms with van der Waals surface area (Å²) in [6, 6.07) is -1.37. The lowest BCUT2D eigenvalue weighted by Gasteiger charge is -2.17. The van der Waals surface area contributed by atoms with E-state index in [4.69, 9.17) is 7.10 Å². The number of hydrogen-bond donors (Lipinski definition) is 3. The summed E-state index contributed by atoms with van der Waals surface area (Å²) < 4.78 is 7.59. The zero-order valence-electron chi connectivity index (χ0n) is 8.92. The van der Waals surface area contributed by atoms with Gasteiger partial charge in [-0.3, -0.25) is 4.79 Å². The lowest BCUT2D eigenvalue weighted by Crippen LogP contribution is -2.46. The van der Waals surface area contributed by atoms with E-state index < -0.39 is 18.0 Å². The van der Waals surface area contributed by atoms with Crippen LogP contribution < -0.4 is 11.1 Å². The maximum atomic E-state index is 11.4. The highest BCUT2D eigenvalue weighted by atomic mass is 16.3. The Morgan fingerprint density at radius 3 is 2.92 bits per heavy atom. The summed E-state index contributed by atoms with van der Waals surface area (Å²) >= 11 is 0. The third-order valence-corrected chi connectivity index (χ3v) is 2.06. The van der Waals surface area contributed by atoms with Gasteiger partial charge in [-0.15, -0.1) is 0 Å². The Bertz CT molecular complexity index is 217. The number of nitrogens with one attached hydrogen (secondary N) is 1. The van der Waals surface area contributed by atoms with Crippen molar-refractivity contribution in [3.63, 3.8) is 0 Å². The van der Waals surface area contributed by atoms with Crippen LogP contribution in [0.5, 0.6) is 0 Å². The zero-order chi connectivity index (χ0) is 10.8. The average molecular weight is 187 g/mol. The number of hydrogen-bond acceptors (Lipinski definition) is 3. The molecule has 13 heavy (non-hydrogen) atoms. The molecule has 4 N–H and O–H groups in total. The molecular weight excluding hydrogens is 168 g/mol. The van der Waals surface area contributed by atoms with Crippen LogP contribution >= 0.6 is 0 Å². The van der Waals surface area contributed by atoms with Gasteiger partial charge in [0.2, 0.25) is 0 Å². The van der Waals surface area contributed by atoms with Crippen LogP contribution in [0, 0.1) is 0 Å². The van der Waals surface area contributed by atoms with Crippen molar-refractivity contribution in [2.24, 2.45) is 5.73 Å². The number of amides is 1. The summed E-state index contributed by atoms with van der Waals surface area (Å²) in [5.74, 6) is -0.515. The van der Waals surface area contributed by atoms with E-state index in [1.807, 2.05) is 6.92 Å². The molecule has 2 atom stereocenters. The fourth-order valence-electron chi connectivity index (χ4n) is 1.10. The molecule has 1 aliphatic rings. The summed E-state index contributed by atoms with van der Waals surface area (Å²) in [4.78, 5) is 11.4. The van der Waals surface area contributed by atoms with E-state index in [9.17, 15) is 9.90 Å². The van der Waals surface area contributed by atoms with Gasteiger partial charge in [0.05, 0.1) is 0 Å². The molecule has 76 valence electrons. The summed E-state index contributed by atoms with van der Waals surface area (Å²) in [6.45, 7) is 1.86. The first-order valence-corrected chi connectivity index (χ1v) is 4.74. The van der Waals surface area contributed by atoms with Gasteiger partial charge in [-0.05, 0) is 19.3 Å². The monoisotopic (exact) mass is 187 g/mol. The quantitative estimate of drug-likeness (QED) is 0.555. The van der Waals surface area contributed by atoms with E-state index in [1.165, 1.54) is 0 Å². The number of aliphatic hydroxyl groups excluding tert-OH is 1. The van der Waals surface area contributed by atoms with Crippen molar-refractivity contribution in [2.45, 2.75) is 50.8 Å². The maximum absolute atomic E-state index is 11.4. The Morgan fingerprint density at radius 2 is 2.46 bits per heavy atom. The predicted octanol–water partition coefficient (Wildman–Crippen LogP) is -0.247. The molecule has 1 saturated carbocycles.